The summed E-state index contributed by atoms with van der Waals surface area (Å²) < 4.78 is 5.03. The summed E-state index contributed by atoms with van der Waals surface area (Å²) >= 11 is 0. The van der Waals surface area contributed by atoms with Gasteiger partial charge < -0.3 is 15.0 Å². The van der Waals surface area contributed by atoms with Crippen molar-refractivity contribution >= 4 is 34.1 Å². The fourth-order valence-corrected chi connectivity index (χ4v) is 3.45. The van der Waals surface area contributed by atoms with Crippen LogP contribution >= 0.6 is 0 Å². The normalized spacial score (nSPS) is 15.0. The van der Waals surface area contributed by atoms with Crippen LogP contribution in [0.15, 0.2) is 42.5 Å². The van der Waals surface area contributed by atoms with E-state index >= 15 is 0 Å². The zero-order chi connectivity index (χ0) is 19.5. The van der Waals surface area contributed by atoms with Gasteiger partial charge in [0.25, 0.3) is 5.91 Å². The van der Waals surface area contributed by atoms with Crippen molar-refractivity contribution in [2.45, 2.75) is 25.8 Å². The van der Waals surface area contributed by atoms with E-state index in [1.807, 2.05) is 30.3 Å². The fourth-order valence-electron chi connectivity index (χ4n) is 3.45. The summed E-state index contributed by atoms with van der Waals surface area (Å²) in [7, 11) is 0. The van der Waals surface area contributed by atoms with Gasteiger partial charge in [-0.2, -0.15) is 0 Å². The highest BCUT2D eigenvalue weighted by Gasteiger charge is 2.24. The molecule has 1 fully saturated rings. The van der Waals surface area contributed by atoms with Gasteiger partial charge in [0.2, 0.25) is 0 Å². The van der Waals surface area contributed by atoms with Crippen LogP contribution < -0.4 is 5.32 Å². The number of hydrogen-bond acceptors (Lipinski definition) is 5. The van der Waals surface area contributed by atoms with Crippen molar-refractivity contribution in [2.24, 2.45) is 0 Å². The van der Waals surface area contributed by atoms with Crippen molar-refractivity contribution in [1.29, 1.82) is 0 Å². The summed E-state index contributed by atoms with van der Waals surface area (Å²) in [4.78, 5) is 35.3. The molecule has 1 aliphatic rings. The van der Waals surface area contributed by atoms with Crippen molar-refractivity contribution in [3.8, 4) is 0 Å². The number of rotatable bonds is 3. The molecule has 0 bridgehead atoms. The number of carbonyl (C=O) groups excluding carboxylic acids is 2. The van der Waals surface area contributed by atoms with Crippen LogP contribution in [0.25, 0.3) is 22.1 Å². The molecular weight excluding hydrogens is 356 g/mol. The molecule has 2 heterocycles. The van der Waals surface area contributed by atoms with E-state index in [4.69, 9.17) is 4.74 Å². The Morgan fingerprint density at radius 3 is 2.36 bits per heavy atom. The lowest BCUT2D eigenvalue weighted by atomic mass is 10.0. The van der Waals surface area contributed by atoms with Crippen LogP contribution in [0.2, 0.25) is 0 Å². The summed E-state index contributed by atoms with van der Waals surface area (Å²) in [6.07, 6.45) is 1.14. The van der Waals surface area contributed by atoms with Gasteiger partial charge in [-0.15, -0.1) is 0 Å². The zero-order valence-electron chi connectivity index (χ0n) is 15.7. The lowest BCUT2D eigenvalue weighted by Crippen LogP contribution is -2.46. The summed E-state index contributed by atoms with van der Waals surface area (Å²) in [6, 6.07) is 13.1. The molecular formula is C21H22N4O3. The van der Waals surface area contributed by atoms with Crippen molar-refractivity contribution in [1.82, 2.24) is 20.2 Å². The third-order valence-electron chi connectivity index (χ3n) is 4.96. The number of para-hydroxylation sites is 2. The molecule has 144 valence electrons. The lowest BCUT2D eigenvalue weighted by Gasteiger charge is -2.31. The minimum Gasteiger partial charge on any atom is -0.450 e. The molecule has 2 amide bonds. The number of nitrogens with zero attached hydrogens (tertiary/aromatic N) is 3. The number of carbonyl (C=O) groups is 2. The van der Waals surface area contributed by atoms with Crippen LogP contribution in [-0.2, 0) is 4.74 Å². The van der Waals surface area contributed by atoms with E-state index in [-0.39, 0.29) is 18.0 Å². The van der Waals surface area contributed by atoms with Crippen LogP contribution in [-0.4, -0.2) is 52.6 Å². The second kappa shape index (κ2) is 7.80. The average Bonchev–Trinajstić information content (AvgIpc) is 2.72. The van der Waals surface area contributed by atoms with Gasteiger partial charge in [-0.25, -0.2) is 14.8 Å². The maximum atomic E-state index is 12.7. The first-order valence-corrected chi connectivity index (χ1v) is 9.53. The molecule has 1 aliphatic heterocycles. The number of ether oxygens (including phenoxy) is 1. The first kappa shape index (κ1) is 18.2. The lowest BCUT2D eigenvalue weighted by molar-refractivity contribution is 0.0860. The molecule has 4 rings (SSSR count). The van der Waals surface area contributed by atoms with E-state index in [0.29, 0.717) is 43.6 Å². The molecule has 0 spiro atoms. The second-order valence-corrected chi connectivity index (χ2v) is 6.85. The molecule has 3 aromatic rings. The Bertz CT molecular complexity index is 1030. The molecule has 0 atom stereocenters. The molecule has 1 N–H and O–H groups in total. The van der Waals surface area contributed by atoms with Gasteiger partial charge >= 0.3 is 6.09 Å². The van der Waals surface area contributed by atoms with Crippen molar-refractivity contribution in [3.05, 3.63) is 48.0 Å². The van der Waals surface area contributed by atoms with Crippen LogP contribution in [0.3, 0.4) is 0 Å². The predicted molar refractivity (Wildman–Crippen MR) is 106 cm³/mol. The van der Waals surface area contributed by atoms with Crippen LogP contribution in [0, 0.1) is 0 Å². The molecule has 28 heavy (non-hydrogen) atoms. The maximum absolute atomic E-state index is 12.7. The van der Waals surface area contributed by atoms with Gasteiger partial charge in [0, 0.05) is 24.7 Å². The average molecular weight is 378 g/mol. The molecule has 0 radical (unpaired) electrons. The van der Waals surface area contributed by atoms with Gasteiger partial charge in [0.05, 0.1) is 28.7 Å². The summed E-state index contributed by atoms with van der Waals surface area (Å²) in [5.41, 5.74) is 3.66. The highest BCUT2D eigenvalue weighted by molar-refractivity contribution is 5.98. The Balaban J connectivity index is 1.44. The topological polar surface area (TPSA) is 84.4 Å². The zero-order valence-corrected chi connectivity index (χ0v) is 15.7. The number of amides is 2. The quantitative estimate of drug-likeness (QED) is 0.708. The third kappa shape index (κ3) is 3.74. The fraction of sp³-hybridized carbons (Fsp3) is 0.333. The molecule has 7 heteroatoms. The Morgan fingerprint density at radius 1 is 1.04 bits per heavy atom. The van der Waals surface area contributed by atoms with Crippen molar-refractivity contribution in [3.63, 3.8) is 0 Å². The number of likely N-dealkylation sites (tertiary alicyclic amines) is 1. The summed E-state index contributed by atoms with van der Waals surface area (Å²) in [5.74, 6) is -0.133. The molecule has 0 unspecified atom stereocenters. The second-order valence-electron chi connectivity index (χ2n) is 6.85. The van der Waals surface area contributed by atoms with Crippen molar-refractivity contribution < 1.29 is 14.3 Å². The monoisotopic (exact) mass is 378 g/mol. The first-order chi connectivity index (χ1) is 13.6. The Labute approximate surface area is 162 Å². The van der Waals surface area contributed by atoms with E-state index < -0.39 is 0 Å². The highest BCUT2D eigenvalue weighted by atomic mass is 16.6. The third-order valence-corrected chi connectivity index (χ3v) is 4.96. The minimum atomic E-state index is -0.285. The van der Waals surface area contributed by atoms with Crippen LogP contribution in [0.4, 0.5) is 4.79 Å². The van der Waals surface area contributed by atoms with E-state index in [1.165, 1.54) is 0 Å². The number of fused-ring (bicyclic) bond motifs is 2. The van der Waals surface area contributed by atoms with Crippen LogP contribution in [0.1, 0.15) is 30.1 Å². The first-order valence-electron chi connectivity index (χ1n) is 9.53. The maximum Gasteiger partial charge on any atom is 0.409 e. The standard InChI is InChI=1S/C21H22N4O3/c1-2-28-21(27)25-11-9-15(10-12-25)22-20(26)14-7-8-18-19(13-14)24-17-6-4-3-5-16(17)23-18/h3-8,13,15H,2,9-12H2,1H3,(H,22,26). The molecule has 1 aromatic heterocycles. The van der Waals surface area contributed by atoms with Crippen LogP contribution in [0.5, 0.6) is 0 Å². The minimum absolute atomic E-state index is 0.0385. The van der Waals surface area contributed by atoms with Crippen molar-refractivity contribution in [2.75, 3.05) is 19.7 Å². The van der Waals surface area contributed by atoms with Gasteiger partial charge in [-0.1, -0.05) is 12.1 Å². The predicted octanol–water partition coefficient (Wildman–Crippen LogP) is 3.13. The van der Waals surface area contributed by atoms with Gasteiger partial charge in [-0.05, 0) is 50.1 Å². The van der Waals surface area contributed by atoms with Gasteiger partial charge in [0.15, 0.2) is 0 Å². The van der Waals surface area contributed by atoms with Gasteiger partial charge in [-0.3, -0.25) is 4.79 Å². The largest absolute Gasteiger partial charge is 0.450 e. The number of aromatic nitrogens is 2. The highest BCUT2D eigenvalue weighted by Crippen LogP contribution is 2.18. The summed E-state index contributed by atoms with van der Waals surface area (Å²) in [6.45, 7) is 3.33. The molecule has 0 saturated carbocycles. The van der Waals surface area contributed by atoms with E-state index in [1.54, 1.807) is 24.0 Å². The number of hydrogen-bond donors (Lipinski definition) is 1. The molecule has 2 aromatic carbocycles. The SMILES string of the molecule is CCOC(=O)N1CCC(NC(=O)c2ccc3nc4ccccc4nc3c2)CC1. The Kier molecular flexibility index (Phi) is 5.06. The van der Waals surface area contributed by atoms with E-state index in [2.05, 4.69) is 15.3 Å². The molecule has 1 saturated heterocycles. The Morgan fingerprint density at radius 2 is 1.68 bits per heavy atom. The Hall–Kier alpha value is -3.22. The molecule has 0 aliphatic carbocycles. The number of benzene rings is 2. The number of nitrogens with one attached hydrogen (secondary N) is 1. The molecule has 7 nitrogen and oxygen atoms in total. The van der Waals surface area contributed by atoms with Gasteiger partial charge in [0.1, 0.15) is 0 Å². The smallest absolute Gasteiger partial charge is 0.409 e. The van der Waals surface area contributed by atoms with E-state index in [9.17, 15) is 9.59 Å². The summed E-state index contributed by atoms with van der Waals surface area (Å²) in [5, 5.41) is 3.06. The number of piperidine rings is 1. The van der Waals surface area contributed by atoms with E-state index in [0.717, 1.165) is 16.6 Å².